The molecule has 6 nitrogen and oxygen atoms in total. The number of nitrogens with zero attached hydrogens (tertiary/aromatic N) is 2. The van der Waals surface area contributed by atoms with Crippen molar-refractivity contribution >= 4 is 41.7 Å². The highest BCUT2D eigenvalue weighted by Crippen LogP contribution is 2.33. The minimum atomic E-state index is 0. The van der Waals surface area contributed by atoms with Crippen molar-refractivity contribution in [1.82, 2.24) is 15.5 Å². The molecule has 2 fully saturated rings. The molecule has 2 N–H and O–H groups in total. The largest absolute Gasteiger partial charge is 0.496 e. The zero-order chi connectivity index (χ0) is 19.1. The summed E-state index contributed by atoms with van der Waals surface area (Å²) in [6.45, 7) is 7.39. The maximum absolute atomic E-state index is 5.55. The van der Waals surface area contributed by atoms with Gasteiger partial charge in [0.2, 0.25) is 0 Å². The average Bonchev–Trinajstić information content (AvgIpc) is 3.19. The van der Waals surface area contributed by atoms with Gasteiger partial charge in [-0.15, -0.1) is 24.0 Å². The van der Waals surface area contributed by atoms with Crippen molar-refractivity contribution in [2.45, 2.75) is 25.4 Å². The third-order valence-electron chi connectivity index (χ3n) is 5.46. The summed E-state index contributed by atoms with van der Waals surface area (Å²) in [7, 11) is 3.54. The first-order valence-corrected chi connectivity index (χ1v) is 10.8. The average molecular weight is 520 g/mol. The predicted octanol–water partition coefficient (Wildman–Crippen LogP) is 2.49. The molecule has 2 aliphatic heterocycles. The zero-order valence-corrected chi connectivity index (χ0v) is 20.3. The van der Waals surface area contributed by atoms with E-state index in [1.165, 1.54) is 23.5 Å². The fourth-order valence-corrected chi connectivity index (χ4v) is 5.26. The molecule has 3 rings (SSSR count). The summed E-state index contributed by atoms with van der Waals surface area (Å²) in [4.78, 5) is 7.03. The summed E-state index contributed by atoms with van der Waals surface area (Å²) in [5.74, 6) is 4.14. The van der Waals surface area contributed by atoms with E-state index in [4.69, 9.17) is 9.47 Å². The van der Waals surface area contributed by atoms with Crippen LogP contribution in [0.5, 0.6) is 5.75 Å². The van der Waals surface area contributed by atoms with Crippen LogP contribution >= 0.6 is 35.7 Å². The van der Waals surface area contributed by atoms with Crippen molar-refractivity contribution in [1.29, 1.82) is 0 Å². The van der Waals surface area contributed by atoms with Crippen molar-refractivity contribution in [3.05, 3.63) is 29.3 Å². The second kappa shape index (κ2) is 11.5. The van der Waals surface area contributed by atoms with Gasteiger partial charge in [0.05, 0.1) is 20.3 Å². The molecule has 0 amide bonds. The van der Waals surface area contributed by atoms with Crippen LogP contribution < -0.4 is 15.4 Å². The maximum Gasteiger partial charge on any atom is 0.191 e. The number of hydrogen-bond donors (Lipinski definition) is 2. The van der Waals surface area contributed by atoms with Crippen LogP contribution in [0.4, 0.5) is 0 Å². The third kappa shape index (κ3) is 5.90. The Kier molecular flexibility index (Phi) is 9.65. The number of nitrogens with one attached hydrogen (secondary N) is 2. The van der Waals surface area contributed by atoms with E-state index in [1.54, 1.807) is 7.11 Å². The number of guanidine groups is 1. The number of methoxy groups -OCH3 is 1. The Morgan fingerprint density at radius 3 is 2.75 bits per heavy atom. The molecular formula is C20H33IN4O2S. The Morgan fingerprint density at radius 2 is 2.11 bits per heavy atom. The van der Waals surface area contributed by atoms with Crippen LogP contribution in [0.1, 0.15) is 17.5 Å². The molecule has 0 saturated carbocycles. The first-order chi connectivity index (χ1) is 13.2. The number of aliphatic imine (C=N–C) groups is 1. The predicted molar refractivity (Wildman–Crippen MR) is 128 cm³/mol. The van der Waals surface area contributed by atoms with Gasteiger partial charge >= 0.3 is 0 Å². The van der Waals surface area contributed by atoms with Gasteiger partial charge < -0.3 is 20.1 Å². The molecule has 1 unspecified atom stereocenters. The molecule has 158 valence electrons. The summed E-state index contributed by atoms with van der Waals surface area (Å²) in [6, 6.07) is 6.28. The smallest absolute Gasteiger partial charge is 0.191 e. The van der Waals surface area contributed by atoms with Crippen molar-refractivity contribution in [2.24, 2.45) is 4.99 Å². The lowest BCUT2D eigenvalue weighted by molar-refractivity contribution is -0.0120. The number of morpholine rings is 1. The van der Waals surface area contributed by atoms with E-state index in [2.05, 4.69) is 57.4 Å². The quantitative estimate of drug-likeness (QED) is 0.342. The van der Waals surface area contributed by atoms with Gasteiger partial charge in [0.1, 0.15) is 5.75 Å². The second-order valence-corrected chi connectivity index (χ2v) is 8.33. The SMILES string of the molecule is CN=C(NCc1ccc(C)cc1OC)NCC1(N2CCOCC2)CCSC1.I. The van der Waals surface area contributed by atoms with Crippen molar-refractivity contribution in [2.75, 3.05) is 58.5 Å². The summed E-state index contributed by atoms with van der Waals surface area (Å²) in [5.41, 5.74) is 2.53. The maximum atomic E-state index is 5.55. The first-order valence-electron chi connectivity index (χ1n) is 9.65. The Balaban J connectivity index is 0.00000280. The third-order valence-corrected chi connectivity index (χ3v) is 6.70. The van der Waals surface area contributed by atoms with E-state index >= 15 is 0 Å². The second-order valence-electron chi connectivity index (χ2n) is 7.22. The molecule has 1 aromatic rings. The molecule has 2 aliphatic rings. The summed E-state index contributed by atoms with van der Waals surface area (Å²) < 4.78 is 11.1. The standard InChI is InChI=1S/C20H32N4O2S.HI/c1-16-4-5-17(18(12-16)25-3)13-22-19(21-2)23-14-20(6-11-27-15-20)24-7-9-26-10-8-24;/h4-5,12H,6-11,13-15H2,1-3H3,(H2,21,22,23);1H. The molecule has 2 heterocycles. The van der Waals surface area contributed by atoms with E-state index in [-0.39, 0.29) is 29.5 Å². The van der Waals surface area contributed by atoms with Crippen LogP contribution in [-0.2, 0) is 11.3 Å². The Labute approximate surface area is 190 Å². The number of ether oxygens (including phenoxy) is 2. The lowest BCUT2D eigenvalue weighted by atomic mass is 9.95. The van der Waals surface area contributed by atoms with E-state index in [0.29, 0.717) is 6.54 Å². The fraction of sp³-hybridized carbons (Fsp3) is 0.650. The molecule has 0 aromatic heterocycles. The number of halogens is 1. The number of benzene rings is 1. The van der Waals surface area contributed by atoms with Gasteiger partial charge in [-0.05, 0) is 30.7 Å². The van der Waals surface area contributed by atoms with E-state index in [1.807, 2.05) is 7.05 Å². The van der Waals surface area contributed by atoms with Crippen LogP contribution in [0.25, 0.3) is 0 Å². The molecule has 8 heteroatoms. The minimum absolute atomic E-state index is 0. The molecule has 1 atom stereocenters. The van der Waals surface area contributed by atoms with Gasteiger partial charge in [-0.3, -0.25) is 9.89 Å². The molecule has 0 bridgehead atoms. The summed E-state index contributed by atoms with van der Waals surface area (Å²) in [6.07, 6.45) is 1.22. The summed E-state index contributed by atoms with van der Waals surface area (Å²) >= 11 is 2.05. The van der Waals surface area contributed by atoms with Crippen molar-refractivity contribution in [3.8, 4) is 5.75 Å². The zero-order valence-electron chi connectivity index (χ0n) is 17.1. The monoisotopic (exact) mass is 520 g/mol. The highest BCUT2D eigenvalue weighted by Gasteiger charge is 2.40. The molecule has 0 spiro atoms. The fourth-order valence-electron chi connectivity index (χ4n) is 3.78. The van der Waals surface area contributed by atoms with E-state index in [0.717, 1.165) is 50.1 Å². The highest BCUT2D eigenvalue weighted by molar-refractivity contribution is 14.0. The normalized spacial score (nSPS) is 23.2. The van der Waals surface area contributed by atoms with Crippen LogP contribution in [0.2, 0.25) is 0 Å². The van der Waals surface area contributed by atoms with Gasteiger partial charge in [0.25, 0.3) is 0 Å². The molecule has 0 aliphatic carbocycles. The number of hydrogen-bond acceptors (Lipinski definition) is 5. The van der Waals surface area contributed by atoms with Crippen LogP contribution in [0.15, 0.2) is 23.2 Å². The lowest BCUT2D eigenvalue weighted by Crippen LogP contribution is -2.60. The number of thioether (sulfide) groups is 1. The van der Waals surface area contributed by atoms with E-state index < -0.39 is 0 Å². The molecular weight excluding hydrogens is 487 g/mol. The van der Waals surface area contributed by atoms with Crippen molar-refractivity contribution < 1.29 is 9.47 Å². The number of rotatable bonds is 6. The van der Waals surface area contributed by atoms with Crippen LogP contribution in [-0.4, -0.2) is 74.9 Å². The van der Waals surface area contributed by atoms with Gasteiger partial charge in [-0.2, -0.15) is 11.8 Å². The molecule has 2 saturated heterocycles. The highest BCUT2D eigenvalue weighted by atomic mass is 127. The van der Waals surface area contributed by atoms with Gasteiger partial charge in [0.15, 0.2) is 5.96 Å². The Hall–Kier alpha value is -0.710. The Bertz CT molecular complexity index is 647. The van der Waals surface area contributed by atoms with Gasteiger partial charge in [0, 0.05) is 50.1 Å². The Morgan fingerprint density at radius 1 is 1.32 bits per heavy atom. The van der Waals surface area contributed by atoms with Crippen LogP contribution in [0, 0.1) is 6.92 Å². The van der Waals surface area contributed by atoms with Crippen LogP contribution in [0.3, 0.4) is 0 Å². The van der Waals surface area contributed by atoms with Gasteiger partial charge in [-0.25, -0.2) is 0 Å². The minimum Gasteiger partial charge on any atom is -0.496 e. The van der Waals surface area contributed by atoms with E-state index in [9.17, 15) is 0 Å². The first kappa shape index (κ1) is 23.6. The number of aryl methyl sites for hydroxylation is 1. The summed E-state index contributed by atoms with van der Waals surface area (Å²) in [5, 5.41) is 7.00. The lowest BCUT2D eigenvalue weighted by Gasteiger charge is -2.43. The van der Waals surface area contributed by atoms with Crippen molar-refractivity contribution in [3.63, 3.8) is 0 Å². The molecule has 0 radical (unpaired) electrons. The van der Waals surface area contributed by atoms with Gasteiger partial charge in [-0.1, -0.05) is 12.1 Å². The topological polar surface area (TPSA) is 58.1 Å². The molecule has 1 aromatic carbocycles. The molecule has 28 heavy (non-hydrogen) atoms.